The van der Waals surface area contributed by atoms with Crippen LogP contribution in [0.25, 0.3) is 0 Å². The zero-order chi connectivity index (χ0) is 15.7. The molecule has 1 unspecified atom stereocenters. The smallest absolute Gasteiger partial charge is 0.270 e. The number of anilines is 1. The van der Waals surface area contributed by atoms with E-state index in [1.807, 2.05) is 24.3 Å². The molecule has 3 rings (SSSR count). The molecule has 0 bridgehead atoms. The average Bonchev–Trinajstić information content (AvgIpc) is 2.54. The third kappa shape index (κ3) is 2.66. The highest BCUT2D eigenvalue weighted by Crippen LogP contribution is 2.41. The average molecular weight is 363 g/mol. The van der Waals surface area contributed by atoms with Crippen LogP contribution in [0.4, 0.5) is 11.4 Å². The Labute approximate surface area is 136 Å². The Morgan fingerprint density at radius 1 is 1.36 bits per heavy atom. The molecule has 114 valence electrons. The predicted molar refractivity (Wildman–Crippen MR) is 88.5 cm³/mol. The summed E-state index contributed by atoms with van der Waals surface area (Å²) in [5.41, 5.74) is 3.10. The molecule has 22 heavy (non-hydrogen) atoms. The van der Waals surface area contributed by atoms with Crippen LogP contribution in [0.15, 0.2) is 40.9 Å². The van der Waals surface area contributed by atoms with Crippen LogP contribution in [0.2, 0.25) is 0 Å². The maximum absolute atomic E-state index is 11.0. The molecule has 5 nitrogen and oxygen atoms in total. The number of non-ortho nitro benzene ring substituents is 1. The SMILES string of the molecule is COc1ccccc1C1CCc2cc([N+](=O)[O-])cc(Br)c2N1. The molecule has 2 aromatic rings. The molecule has 1 aliphatic heterocycles. The van der Waals surface area contributed by atoms with E-state index in [-0.39, 0.29) is 16.7 Å². The van der Waals surface area contributed by atoms with Gasteiger partial charge >= 0.3 is 0 Å². The minimum absolute atomic E-state index is 0.114. The Balaban J connectivity index is 1.96. The fraction of sp³-hybridized carbons (Fsp3) is 0.250. The highest BCUT2D eigenvalue weighted by atomic mass is 79.9. The summed E-state index contributed by atoms with van der Waals surface area (Å²) >= 11 is 3.44. The third-order valence-corrected chi connectivity index (χ3v) is 4.53. The maximum Gasteiger partial charge on any atom is 0.270 e. The number of methoxy groups -OCH3 is 1. The van der Waals surface area contributed by atoms with E-state index < -0.39 is 0 Å². The standard InChI is InChI=1S/C16H15BrN2O3/c1-22-15-5-3-2-4-12(15)14-7-6-10-8-11(19(20)21)9-13(17)16(10)18-14/h2-5,8-9,14,18H,6-7H2,1H3. The van der Waals surface area contributed by atoms with Crippen molar-refractivity contribution >= 4 is 27.3 Å². The van der Waals surface area contributed by atoms with Crippen molar-refractivity contribution in [3.63, 3.8) is 0 Å². The maximum atomic E-state index is 11.0. The van der Waals surface area contributed by atoms with E-state index in [9.17, 15) is 10.1 Å². The number of benzene rings is 2. The second-order valence-electron chi connectivity index (χ2n) is 5.20. The first-order valence-electron chi connectivity index (χ1n) is 6.96. The molecule has 1 atom stereocenters. The number of aryl methyl sites for hydroxylation is 1. The highest BCUT2D eigenvalue weighted by molar-refractivity contribution is 9.10. The first-order valence-corrected chi connectivity index (χ1v) is 7.75. The monoisotopic (exact) mass is 362 g/mol. The van der Waals surface area contributed by atoms with E-state index in [1.54, 1.807) is 13.2 Å². The van der Waals surface area contributed by atoms with Gasteiger partial charge in [0.25, 0.3) is 5.69 Å². The summed E-state index contributed by atoms with van der Waals surface area (Å²) in [6.07, 6.45) is 1.65. The van der Waals surface area contributed by atoms with Crippen molar-refractivity contribution in [2.24, 2.45) is 0 Å². The van der Waals surface area contributed by atoms with Gasteiger partial charge in [0.2, 0.25) is 0 Å². The predicted octanol–water partition coefficient (Wildman–Crippen LogP) is 4.47. The van der Waals surface area contributed by atoms with Crippen LogP contribution in [-0.2, 0) is 6.42 Å². The van der Waals surface area contributed by atoms with E-state index in [0.717, 1.165) is 39.9 Å². The van der Waals surface area contributed by atoms with Gasteiger partial charge in [0.05, 0.1) is 23.8 Å². The second-order valence-corrected chi connectivity index (χ2v) is 6.05. The van der Waals surface area contributed by atoms with Crippen LogP contribution in [0, 0.1) is 10.1 Å². The second kappa shape index (κ2) is 5.96. The number of para-hydroxylation sites is 1. The molecule has 1 N–H and O–H groups in total. The van der Waals surface area contributed by atoms with Crippen LogP contribution in [0.5, 0.6) is 5.75 Å². The molecule has 6 heteroatoms. The van der Waals surface area contributed by atoms with Gasteiger partial charge in [-0.25, -0.2) is 0 Å². The Kier molecular flexibility index (Phi) is 4.02. The zero-order valence-corrected chi connectivity index (χ0v) is 13.6. The first-order chi connectivity index (χ1) is 10.6. The van der Waals surface area contributed by atoms with Crippen LogP contribution < -0.4 is 10.1 Å². The lowest BCUT2D eigenvalue weighted by Crippen LogP contribution is -2.19. The molecule has 0 saturated carbocycles. The number of nitro groups is 1. The quantitative estimate of drug-likeness (QED) is 0.646. The molecule has 1 heterocycles. The van der Waals surface area contributed by atoms with E-state index in [4.69, 9.17) is 4.74 Å². The van der Waals surface area contributed by atoms with E-state index in [1.165, 1.54) is 6.07 Å². The third-order valence-electron chi connectivity index (χ3n) is 3.90. The van der Waals surface area contributed by atoms with Gasteiger partial charge in [-0.1, -0.05) is 18.2 Å². The minimum atomic E-state index is -0.364. The number of halogens is 1. The fourth-order valence-electron chi connectivity index (χ4n) is 2.85. The van der Waals surface area contributed by atoms with Crippen molar-refractivity contribution < 1.29 is 9.66 Å². The number of hydrogen-bond acceptors (Lipinski definition) is 4. The summed E-state index contributed by atoms with van der Waals surface area (Å²) in [4.78, 5) is 10.6. The first kappa shape index (κ1) is 14.8. The summed E-state index contributed by atoms with van der Waals surface area (Å²) in [5, 5.41) is 14.4. The van der Waals surface area contributed by atoms with E-state index in [2.05, 4.69) is 21.2 Å². The summed E-state index contributed by atoms with van der Waals surface area (Å²) in [6.45, 7) is 0. The number of nitrogens with zero attached hydrogens (tertiary/aromatic N) is 1. The molecule has 0 radical (unpaired) electrons. The van der Waals surface area contributed by atoms with Gasteiger partial charge < -0.3 is 10.1 Å². The number of nitro benzene ring substituents is 1. The zero-order valence-electron chi connectivity index (χ0n) is 12.0. The number of fused-ring (bicyclic) bond motifs is 1. The lowest BCUT2D eigenvalue weighted by molar-refractivity contribution is -0.385. The molecule has 1 aliphatic rings. The van der Waals surface area contributed by atoms with Crippen molar-refractivity contribution in [1.29, 1.82) is 0 Å². The topological polar surface area (TPSA) is 64.4 Å². The van der Waals surface area contributed by atoms with Gasteiger partial charge in [-0.05, 0) is 40.4 Å². The molecule has 0 fully saturated rings. The summed E-state index contributed by atoms with van der Waals surface area (Å²) < 4.78 is 6.15. The highest BCUT2D eigenvalue weighted by Gasteiger charge is 2.25. The summed E-state index contributed by atoms with van der Waals surface area (Å²) in [5.74, 6) is 0.849. The molecule has 0 aliphatic carbocycles. The van der Waals surface area contributed by atoms with Gasteiger partial charge in [0, 0.05) is 22.2 Å². The Morgan fingerprint density at radius 2 is 2.14 bits per heavy atom. The number of hydrogen-bond donors (Lipinski definition) is 1. The van der Waals surface area contributed by atoms with Crippen molar-refractivity contribution in [3.05, 3.63) is 62.1 Å². The Hall–Kier alpha value is -2.08. The lowest BCUT2D eigenvalue weighted by Gasteiger charge is -2.29. The van der Waals surface area contributed by atoms with Gasteiger partial charge in [0.15, 0.2) is 0 Å². The lowest BCUT2D eigenvalue weighted by atomic mass is 9.92. The van der Waals surface area contributed by atoms with Crippen LogP contribution in [0.3, 0.4) is 0 Å². The van der Waals surface area contributed by atoms with Crippen molar-refractivity contribution in [2.75, 3.05) is 12.4 Å². The van der Waals surface area contributed by atoms with E-state index in [0.29, 0.717) is 0 Å². The molecular formula is C16H15BrN2O3. The summed E-state index contributed by atoms with van der Waals surface area (Å²) in [6, 6.07) is 11.2. The summed E-state index contributed by atoms with van der Waals surface area (Å²) in [7, 11) is 1.66. The fourth-order valence-corrected chi connectivity index (χ4v) is 3.45. The molecule has 0 amide bonds. The normalized spacial score (nSPS) is 16.5. The molecular weight excluding hydrogens is 348 g/mol. The van der Waals surface area contributed by atoms with Crippen LogP contribution >= 0.6 is 15.9 Å². The van der Waals surface area contributed by atoms with Gasteiger partial charge in [-0.15, -0.1) is 0 Å². The van der Waals surface area contributed by atoms with Gasteiger partial charge in [-0.3, -0.25) is 10.1 Å². The van der Waals surface area contributed by atoms with Crippen LogP contribution in [0.1, 0.15) is 23.6 Å². The number of rotatable bonds is 3. The molecule has 0 spiro atoms. The molecule has 0 aromatic heterocycles. The van der Waals surface area contributed by atoms with Crippen LogP contribution in [-0.4, -0.2) is 12.0 Å². The van der Waals surface area contributed by atoms with Crippen molar-refractivity contribution in [1.82, 2.24) is 0 Å². The Bertz CT molecular complexity index is 733. The van der Waals surface area contributed by atoms with E-state index >= 15 is 0 Å². The Morgan fingerprint density at radius 3 is 2.86 bits per heavy atom. The van der Waals surface area contributed by atoms with Crippen molar-refractivity contribution in [3.8, 4) is 5.75 Å². The van der Waals surface area contributed by atoms with Gasteiger partial charge in [0.1, 0.15) is 5.75 Å². The number of nitrogens with one attached hydrogen (secondary N) is 1. The largest absolute Gasteiger partial charge is 0.496 e. The van der Waals surface area contributed by atoms with Crippen molar-refractivity contribution in [2.45, 2.75) is 18.9 Å². The molecule has 0 saturated heterocycles. The minimum Gasteiger partial charge on any atom is -0.496 e. The van der Waals surface area contributed by atoms with Gasteiger partial charge in [-0.2, -0.15) is 0 Å². The molecule has 2 aromatic carbocycles. The number of ether oxygens (including phenoxy) is 1.